The van der Waals surface area contributed by atoms with E-state index in [1.807, 2.05) is 0 Å². The highest BCUT2D eigenvalue weighted by molar-refractivity contribution is 5.71. The summed E-state index contributed by atoms with van der Waals surface area (Å²) >= 11 is 0. The third kappa shape index (κ3) is 51.7. The summed E-state index contributed by atoms with van der Waals surface area (Å²) in [5, 5.41) is 0. The summed E-state index contributed by atoms with van der Waals surface area (Å²) in [6.45, 7) is 6.48. The average molecular weight is 907 g/mol. The molecule has 0 heterocycles. The highest BCUT2D eigenvalue weighted by atomic mass is 16.6. The maximum Gasteiger partial charge on any atom is 0.306 e. The summed E-state index contributed by atoms with van der Waals surface area (Å²) in [5.41, 5.74) is 0. The molecule has 0 aliphatic rings. The maximum absolute atomic E-state index is 12.8. The molecule has 0 aromatic carbocycles. The lowest BCUT2D eigenvalue weighted by Crippen LogP contribution is -2.30. The molecule has 374 valence electrons. The van der Waals surface area contributed by atoms with Gasteiger partial charge in [0.25, 0.3) is 0 Å². The van der Waals surface area contributed by atoms with Gasteiger partial charge in [0.2, 0.25) is 0 Å². The van der Waals surface area contributed by atoms with Crippen molar-refractivity contribution in [2.24, 2.45) is 0 Å². The van der Waals surface area contributed by atoms with Crippen LogP contribution in [0.5, 0.6) is 0 Å². The monoisotopic (exact) mass is 907 g/mol. The zero-order chi connectivity index (χ0) is 47.2. The maximum atomic E-state index is 12.8. The Morgan fingerprint density at radius 1 is 0.338 bits per heavy atom. The second-order valence-corrected chi connectivity index (χ2v) is 18.2. The molecule has 0 bridgehead atoms. The van der Waals surface area contributed by atoms with Crippen molar-refractivity contribution in [1.82, 2.24) is 0 Å². The molecule has 0 N–H and O–H groups in total. The topological polar surface area (TPSA) is 78.9 Å². The van der Waals surface area contributed by atoms with Gasteiger partial charge in [-0.1, -0.05) is 248 Å². The van der Waals surface area contributed by atoms with Crippen LogP contribution in [0.3, 0.4) is 0 Å². The van der Waals surface area contributed by atoms with Crippen molar-refractivity contribution in [3.05, 3.63) is 72.9 Å². The molecule has 0 aromatic rings. The molecular weight excluding hydrogens is 805 g/mol. The Morgan fingerprint density at radius 3 is 1.09 bits per heavy atom. The van der Waals surface area contributed by atoms with Crippen LogP contribution in [0, 0.1) is 0 Å². The van der Waals surface area contributed by atoms with Gasteiger partial charge in [0, 0.05) is 19.3 Å². The van der Waals surface area contributed by atoms with Gasteiger partial charge in [0.15, 0.2) is 6.10 Å². The second kappa shape index (κ2) is 53.5. The van der Waals surface area contributed by atoms with Gasteiger partial charge in [0.1, 0.15) is 13.2 Å². The standard InChI is InChI=1S/C59H102O6/c1-4-7-10-13-16-19-22-25-27-29-31-32-34-37-40-43-46-49-52-58(61)64-55-56(54-63-57(60)51-48-45-42-39-36-24-21-18-15-12-9-6-3)65-59(62)53-50-47-44-41-38-35-33-30-28-26-23-20-17-14-11-8-5-2/h9,12,16,18-19,21-22,25,27,29,31-32,56H,4-8,10-11,13-15,17,20,23-24,26,28,30,33-55H2,1-3H3/b12-9-,19-16-,21-18-,25-22-,29-27-,32-31-. The minimum atomic E-state index is -0.789. The molecular formula is C59H102O6. The first-order valence-corrected chi connectivity index (χ1v) is 27.5. The summed E-state index contributed by atoms with van der Waals surface area (Å²) in [7, 11) is 0. The lowest BCUT2D eigenvalue weighted by Gasteiger charge is -2.18. The van der Waals surface area contributed by atoms with E-state index in [1.165, 1.54) is 109 Å². The number of esters is 3. The summed E-state index contributed by atoms with van der Waals surface area (Å²) in [6.07, 6.45) is 67.4. The molecule has 1 unspecified atom stereocenters. The predicted molar refractivity (Wildman–Crippen MR) is 279 cm³/mol. The first-order valence-electron chi connectivity index (χ1n) is 27.5. The molecule has 6 nitrogen and oxygen atoms in total. The Hall–Kier alpha value is -3.15. The van der Waals surface area contributed by atoms with E-state index in [0.717, 1.165) is 116 Å². The van der Waals surface area contributed by atoms with E-state index in [1.54, 1.807) is 0 Å². The Balaban J connectivity index is 4.41. The van der Waals surface area contributed by atoms with Crippen LogP contribution in [0.2, 0.25) is 0 Å². The average Bonchev–Trinajstić information content (AvgIpc) is 3.30. The Kier molecular flexibility index (Phi) is 50.9. The fourth-order valence-electron chi connectivity index (χ4n) is 7.67. The fraction of sp³-hybridized carbons (Fsp3) is 0.746. The van der Waals surface area contributed by atoms with Crippen LogP contribution in [0.25, 0.3) is 0 Å². The number of carbonyl (C=O) groups is 3. The van der Waals surface area contributed by atoms with Crippen molar-refractivity contribution in [2.75, 3.05) is 13.2 Å². The fourth-order valence-corrected chi connectivity index (χ4v) is 7.67. The second-order valence-electron chi connectivity index (χ2n) is 18.2. The molecule has 65 heavy (non-hydrogen) atoms. The van der Waals surface area contributed by atoms with Gasteiger partial charge in [-0.25, -0.2) is 0 Å². The first-order chi connectivity index (χ1) is 32.0. The van der Waals surface area contributed by atoms with Crippen molar-refractivity contribution in [3.63, 3.8) is 0 Å². The molecule has 1 atom stereocenters. The molecule has 0 radical (unpaired) electrons. The third-order valence-corrected chi connectivity index (χ3v) is 11.8. The minimum Gasteiger partial charge on any atom is -0.462 e. The van der Waals surface area contributed by atoms with Crippen LogP contribution in [0.1, 0.15) is 265 Å². The zero-order valence-corrected chi connectivity index (χ0v) is 42.7. The van der Waals surface area contributed by atoms with Gasteiger partial charge in [-0.2, -0.15) is 0 Å². The number of allylic oxidation sites excluding steroid dienone is 12. The molecule has 0 saturated heterocycles. The third-order valence-electron chi connectivity index (χ3n) is 11.8. The van der Waals surface area contributed by atoms with E-state index in [9.17, 15) is 14.4 Å². The molecule has 0 aliphatic heterocycles. The molecule has 0 spiro atoms. The molecule has 0 aliphatic carbocycles. The van der Waals surface area contributed by atoms with E-state index in [0.29, 0.717) is 19.3 Å². The van der Waals surface area contributed by atoms with Crippen LogP contribution in [-0.2, 0) is 28.6 Å². The van der Waals surface area contributed by atoms with Gasteiger partial charge in [-0.15, -0.1) is 0 Å². The zero-order valence-electron chi connectivity index (χ0n) is 42.7. The predicted octanol–water partition coefficient (Wildman–Crippen LogP) is 18.2. The molecule has 0 saturated carbocycles. The normalized spacial score (nSPS) is 12.6. The van der Waals surface area contributed by atoms with E-state index in [-0.39, 0.29) is 31.1 Å². The molecule has 0 amide bonds. The number of hydrogen-bond acceptors (Lipinski definition) is 6. The van der Waals surface area contributed by atoms with Gasteiger partial charge in [0.05, 0.1) is 0 Å². The smallest absolute Gasteiger partial charge is 0.306 e. The lowest BCUT2D eigenvalue weighted by molar-refractivity contribution is -0.167. The summed E-state index contributed by atoms with van der Waals surface area (Å²) in [5.74, 6) is -0.918. The largest absolute Gasteiger partial charge is 0.462 e. The SMILES string of the molecule is CC/C=C\C/C=C\CCCCCCCC(=O)OCC(COC(=O)CCCCCCC\C=C/C=C\C=C/C=C\CCCCC)OC(=O)CCCCCCCCCCCCCCCCCCC. The Morgan fingerprint density at radius 2 is 0.662 bits per heavy atom. The van der Waals surface area contributed by atoms with E-state index < -0.39 is 6.10 Å². The molecule has 6 heteroatoms. The van der Waals surface area contributed by atoms with E-state index in [2.05, 4.69) is 93.7 Å². The van der Waals surface area contributed by atoms with Crippen LogP contribution in [-0.4, -0.2) is 37.2 Å². The highest BCUT2D eigenvalue weighted by Gasteiger charge is 2.19. The number of unbranched alkanes of at least 4 members (excludes halogenated alkanes) is 29. The van der Waals surface area contributed by atoms with Crippen LogP contribution < -0.4 is 0 Å². The summed E-state index contributed by atoms with van der Waals surface area (Å²) in [4.78, 5) is 38.1. The molecule has 0 rings (SSSR count). The van der Waals surface area contributed by atoms with Gasteiger partial charge >= 0.3 is 17.9 Å². The van der Waals surface area contributed by atoms with Crippen LogP contribution in [0.4, 0.5) is 0 Å². The number of ether oxygens (including phenoxy) is 3. The van der Waals surface area contributed by atoms with E-state index in [4.69, 9.17) is 14.2 Å². The van der Waals surface area contributed by atoms with Crippen LogP contribution in [0.15, 0.2) is 72.9 Å². The molecule has 0 fully saturated rings. The van der Waals surface area contributed by atoms with Crippen LogP contribution >= 0.6 is 0 Å². The Bertz CT molecular complexity index is 1230. The number of carbonyl (C=O) groups excluding carboxylic acids is 3. The number of rotatable bonds is 49. The minimum absolute atomic E-state index is 0.0891. The Labute approximate surface area is 402 Å². The van der Waals surface area contributed by atoms with Crippen molar-refractivity contribution < 1.29 is 28.6 Å². The van der Waals surface area contributed by atoms with E-state index >= 15 is 0 Å². The summed E-state index contributed by atoms with van der Waals surface area (Å²) < 4.78 is 16.8. The van der Waals surface area contributed by atoms with Crippen molar-refractivity contribution in [2.45, 2.75) is 271 Å². The lowest BCUT2D eigenvalue weighted by atomic mass is 10.0. The quantitative estimate of drug-likeness (QED) is 0.0199. The van der Waals surface area contributed by atoms with Crippen molar-refractivity contribution in [3.8, 4) is 0 Å². The summed E-state index contributed by atoms with van der Waals surface area (Å²) in [6, 6.07) is 0. The number of hydrogen-bond donors (Lipinski definition) is 0. The van der Waals surface area contributed by atoms with Gasteiger partial charge < -0.3 is 14.2 Å². The van der Waals surface area contributed by atoms with Crippen molar-refractivity contribution >= 4 is 17.9 Å². The van der Waals surface area contributed by atoms with Gasteiger partial charge in [-0.3, -0.25) is 14.4 Å². The first kappa shape index (κ1) is 61.9. The van der Waals surface area contributed by atoms with Crippen molar-refractivity contribution in [1.29, 1.82) is 0 Å². The van der Waals surface area contributed by atoms with Gasteiger partial charge in [-0.05, 0) is 70.6 Å². The highest BCUT2D eigenvalue weighted by Crippen LogP contribution is 2.16. The molecule has 0 aromatic heterocycles.